The van der Waals surface area contributed by atoms with Gasteiger partial charge in [0, 0.05) is 69.9 Å². The van der Waals surface area contributed by atoms with E-state index >= 15 is 0 Å². The minimum atomic E-state index is -0.766. The molecule has 1 aliphatic heterocycles. The summed E-state index contributed by atoms with van der Waals surface area (Å²) in [6, 6.07) is 9.45. The highest BCUT2D eigenvalue weighted by Gasteiger charge is 2.35. The Hall–Kier alpha value is -4.05. The number of amides is 2. The molecule has 0 N–H and O–H groups in total. The van der Waals surface area contributed by atoms with Crippen molar-refractivity contribution < 1.29 is 28.3 Å². The molecule has 0 bridgehead atoms. The molecule has 1 aliphatic rings. The molecular weight excluding hydrogens is 551 g/mol. The van der Waals surface area contributed by atoms with Gasteiger partial charge in [-0.1, -0.05) is 32.9 Å². The molecule has 0 unspecified atom stereocenters. The fourth-order valence-corrected chi connectivity index (χ4v) is 5.51. The minimum Gasteiger partial charge on any atom is -0.496 e. The van der Waals surface area contributed by atoms with Crippen LogP contribution in [0.2, 0.25) is 0 Å². The monoisotopic (exact) mass is 592 g/mol. The van der Waals surface area contributed by atoms with Gasteiger partial charge in [0.25, 0.3) is 17.6 Å². The van der Waals surface area contributed by atoms with E-state index in [4.69, 9.17) is 4.74 Å². The third kappa shape index (κ3) is 6.80. The third-order valence-electron chi connectivity index (χ3n) is 7.83. The van der Waals surface area contributed by atoms with E-state index in [-0.39, 0.29) is 58.4 Å². The van der Waals surface area contributed by atoms with Crippen LogP contribution in [0.4, 0.5) is 4.39 Å². The summed E-state index contributed by atoms with van der Waals surface area (Å²) in [6.45, 7) is 11.5. The second-order valence-corrected chi connectivity index (χ2v) is 12.9. The first-order valence-corrected chi connectivity index (χ1v) is 14.4. The summed E-state index contributed by atoms with van der Waals surface area (Å²) >= 11 is 0. The topological polar surface area (TPSA) is 92.2 Å². The van der Waals surface area contributed by atoms with Crippen LogP contribution in [0.15, 0.2) is 42.6 Å². The molecule has 0 radical (unpaired) electrons. The molecule has 0 aliphatic carbocycles. The van der Waals surface area contributed by atoms with E-state index in [1.54, 1.807) is 29.2 Å². The molecule has 1 fully saturated rings. The van der Waals surface area contributed by atoms with Crippen molar-refractivity contribution in [3.05, 3.63) is 65.1 Å². The van der Waals surface area contributed by atoms with Crippen molar-refractivity contribution in [2.24, 2.45) is 5.41 Å². The summed E-state index contributed by atoms with van der Waals surface area (Å²) in [5.74, 6) is -2.02. The molecule has 2 amide bonds. The predicted molar refractivity (Wildman–Crippen MR) is 163 cm³/mol. The molecular formula is C33H41FN4O5. The highest BCUT2D eigenvalue weighted by atomic mass is 19.1. The number of rotatable bonds is 7. The summed E-state index contributed by atoms with van der Waals surface area (Å²) in [4.78, 5) is 58.7. The Kier molecular flexibility index (Phi) is 9.11. The molecule has 2 aromatic carbocycles. The highest BCUT2D eigenvalue weighted by molar-refractivity contribution is 6.45. The number of hydrogen-bond donors (Lipinski definition) is 0. The highest BCUT2D eigenvalue weighted by Crippen LogP contribution is 2.33. The molecule has 2 atom stereocenters. The van der Waals surface area contributed by atoms with Crippen molar-refractivity contribution in [3.8, 4) is 5.75 Å². The van der Waals surface area contributed by atoms with Gasteiger partial charge in [0.15, 0.2) is 0 Å². The Labute approximate surface area is 252 Å². The number of ketones is 1. The molecule has 0 saturated carbocycles. The SMILES string of the molecule is COc1cc2c(cc1C(=O)N1C[C@H](C)N(Cc3ccc(F)cc3)C[C@H]1C)c(C(=O)C(=O)N(C)C)cn2C(=O)CC(C)(C)C. The number of aromatic nitrogens is 1. The maximum Gasteiger partial charge on any atom is 0.294 e. The van der Waals surface area contributed by atoms with Gasteiger partial charge in [-0.05, 0) is 43.0 Å². The van der Waals surface area contributed by atoms with E-state index in [1.807, 2.05) is 34.6 Å². The Morgan fingerprint density at radius 2 is 1.63 bits per heavy atom. The Morgan fingerprint density at radius 3 is 2.21 bits per heavy atom. The van der Waals surface area contributed by atoms with Gasteiger partial charge in [0.2, 0.25) is 5.91 Å². The summed E-state index contributed by atoms with van der Waals surface area (Å²) in [5.41, 5.74) is 1.36. The molecule has 2 heterocycles. The number of halogens is 1. The van der Waals surface area contributed by atoms with Gasteiger partial charge in [-0.3, -0.25) is 28.6 Å². The zero-order chi connectivity index (χ0) is 31.8. The number of piperazine rings is 1. The molecule has 3 aromatic rings. The van der Waals surface area contributed by atoms with Crippen molar-refractivity contribution >= 4 is 34.4 Å². The normalized spacial score (nSPS) is 17.7. The van der Waals surface area contributed by atoms with Gasteiger partial charge in [0.05, 0.1) is 23.8 Å². The van der Waals surface area contributed by atoms with Gasteiger partial charge in [-0.15, -0.1) is 0 Å². The Balaban J connectivity index is 1.72. The van der Waals surface area contributed by atoms with E-state index in [9.17, 15) is 23.6 Å². The second kappa shape index (κ2) is 12.3. The van der Waals surface area contributed by atoms with Crippen molar-refractivity contribution in [1.29, 1.82) is 0 Å². The van der Waals surface area contributed by atoms with Crippen LogP contribution in [-0.2, 0) is 11.3 Å². The van der Waals surface area contributed by atoms with Crippen molar-refractivity contribution in [3.63, 3.8) is 0 Å². The molecule has 10 heteroatoms. The summed E-state index contributed by atoms with van der Waals surface area (Å²) in [6.07, 6.45) is 1.60. The Morgan fingerprint density at radius 1 is 0.977 bits per heavy atom. The number of carbonyl (C=O) groups excluding carboxylic acids is 4. The lowest BCUT2D eigenvalue weighted by atomic mass is 9.92. The van der Waals surface area contributed by atoms with E-state index in [2.05, 4.69) is 4.90 Å². The van der Waals surface area contributed by atoms with Crippen LogP contribution in [0.5, 0.6) is 5.75 Å². The zero-order valence-electron chi connectivity index (χ0n) is 26.2. The number of hydrogen-bond acceptors (Lipinski definition) is 6. The minimum absolute atomic E-state index is 0.0193. The number of likely N-dealkylation sites (N-methyl/N-ethyl adjacent to an activating group) is 1. The fourth-order valence-electron chi connectivity index (χ4n) is 5.51. The lowest BCUT2D eigenvalue weighted by molar-refractivity contribution is -0.124. The number of benzene rings is 2. The molecule has 0 spiro atoms. The van der Waals surface area contributed by atoms with Crippen LogP contribution in [0.3, 0.4) is 0 Å². The van der Waals surface area contributed by atoms with Crippen LogP contribution in [0.1, 0.15) is 72.1 Å². The molecule has 4 rings (SSSR count). The standard InChI is InChI=1S/C33H41FN4O5/c1-20-17-37(21(2)16-36(20)18-22-9-11-23(34)12-10-22)31(41)25-13-24-26(30(40)32(42)35(6)7)19-38(27(24)14-28(25)43-8)29(39)15-33(3,4)5/h9-14,19-21H,15-18H2,1-8H3/t20-,21+/m0/s1. The summed E-state index contributed by atoms with van der Waals surface area (Å²) < 4.78 is 20.4. The van der Waals surface area contributed by atoms with Crippen molar-refractivity contribution in [1.82, 2.24) is 19.3 Å². The maximum absolute atomic E-state index is 14.1. The molecule has 230 valence electrons. The molecule has 9 nitrogen and oxygen atoms in total. The average molecular weight is 593 g/mol. The van der Waals surface area contributed by atoms with Gasteiger partial charge in [0.1, 0.15) is 11.6 Å². The predicted octanol–water partition coefficient (Wildman–Crippen LogP) is 4.87. The van der Waals surface area contributed by atoms with Gasteiger partial charge >= 0.3 is 0 Å². The first-order chi connectivity index (χ1) is 20.1. The largest absolute Gasteiger partial charge is 0.496 e. The quantitative estimate of drug-likeness (QED) is 0.287. The van der Waals surface area contributed by atoms with E-state index in [1.165, 1.54) is 49.0 Å². The van der Waals surface area contributed by atoms with Crippen LogP contribution < -0.4 is 4.74 Å². The van der Waals surface area contributed by atoms with Crippen LogP contribution in [-0.4, -0.2) is 89.1 Å². The van der Waals surface area contributed by atoms with Crippen molar-refractivity contribution in [2.45, 2.75) is 59.7 Å². The van der Waals surface area contributed by atoms with Crippen LogP contribution in [0.25, 0.3) is 10.9 Å². The van der Waals surface area contributed by atoms with E-state index in [0.29, 0.717) is 30.5 Å². The lowest BCUT2D eigenvalue weighted by Gasteiger charge is -2.44. The fraction of sp³-hybridized carbons (Fsp3) is 0.455. The van der Waals surface area contributed by atoms with Gasteiger partial charge in [-0.25, -0.2) is 4.39 Å². The summed E-state index contributed by atoms with van der Waals surface area (Å²) in [5, 5.41) is 0.335. The Bertz CT molecular complexity index is 1550. The zero-order valence-corrected chi connectivity index (χ0v) is 26.2. The van der Waals surface area contributed by atoms with Crippen LogP contribution >= 0.6 is 0 Å². The third-order valence-corrected chi connectivity index (χ3v) is 7.83. The van der Waals surface area contributed by atoms with Gasteiger partial charge in [-0.2, -0.15) is 0 Å². The first kappa shape index (κ1) is 31.9. The first-order valence-electron chi connectivity index (χ1n) is 14.4. The summed E-state index contributed by atoms with van der Waals surface area (Å²) in [7, 11) is 4.43. The number of methoxy groups -OCH3 is 1. The van der Waals surface area contributed by atoms with E-state index in [0.717, 1.165) is 5.56 Å². The smallest absolute Gasteiger partial charge is 0.294 e. The molecule has 1 saturated heterocycles. The average Bonchev–Trinajstić information content (AvgIpc) is 3.31. The maximum atomic E-state index is 14.1. The number of fused-ring (bicyclic) bond motifs is 1. The number of ether oxygens (including phenoxy) is 1. The molecule has 43 heavy (non-hydrogen) atoms. The van der Waals surface area contributed by atoms with Crippen molar-refractivity contribution in [2.75, 3.05) is 34.3 Å². The number of nitrogens with zero attached hydrogens (tertiary/aromatic N) is 4. The number of Topliss-reactive ketones (excluding diaryl/α,β-unsaturated/α-hetero) is 1. The van der Waals surface area contributed by atoms with Crippen LogP contribution in [0, 0.1) is 11.2 Å². The number of carbonyl (C=O) groups is 4. The molecule has 1 aromatic heterocycles. The lowest BCUT2D eigenvalue weighted by Crippen LogP contribution is -2.57. The van der Waals surface area contributed by atoms with Gasteiger partial charge < -0.3 is 14.5 Å². The van der Waals surface area contributed by atoms with E-state index < -0.39 is 11.7 Å². The second-order valence-electron chi connectivity index (χ2n) is 12.9.